The van der Waals surface area contributed by atoms with Crippen LogP contribution in [0.5, 0.6) is 0 Å². The molecule has 0 aromatic carbocycles. The number of nitrogens with zero attached hydrogens (tertiary/aromatic N) is 3. The first-order chi connectivity index (χ1) is 7.29. The fraction of sp³-hybridized carbons (Fsp3) is 0.143. The maximum absolute atomic E-state index is 11.5. The van der Waals surface area contributed by atoms with Crippen molar-refractivity contribution in [3.05, 3.63) is 22.1 Å². The summed E-state index contributed by atoms with van der Waals surface area (Å²) in [4.78, 5) is 16.1. The van der Waals surface area contributed by atoms with E-state index < -0.39 is 0 Å². The SMILES string of the molecule is O=C(Nc1nc(CCl)cs1)c1cnns1. The Morgan fingerprint density at radius 3 is 3.07 bits per heavy atom. The number of nitrogens with one attached hydrogen (secondary N) is 1. The third-order valence-corrected chi connectivity index (χ3v) is 3.24. The van der Waals surface area contributed by atoms with Gasteiger partial charge in [0, 0.05) is 5.38 Å². The largest absolute Gasteiger partial charge is 0.297 e. The van der Waals surface area contributed by atoms with E-state index in [1.165, 1.54) is 17.5 Å². The summed E-state index contributed by atoms with van der Waals surface area (Å²) in [6.45, 7) is 0. The van der Waals surface area contributed by atoms with Crippen molar-refractivity contribution in [3.63, 3.8) is 0 Å². The van der Waals surface area contributed by atoms with Gasteiger partial charge >= 0.3 is 0 Å². The second kappa shape index (κ2) is 4.65. The normalized spacial score (nSPS) is 10.2. The number of amides is 1. The zero-order valence-corrected chi connectivity index (χ0v) is 9.70. The smallest absolute Gasteiger partial charge is 0.270 e. The molecule has 5 nitrogen and oxygen atoms in total. The molecule has 1 amide bonds. The van der Waals surface area contributed by atoms with Crippen LogP contribution in [0.3, 0.4) is 0 Å². The molecule has 2 heterocycles. The van der Waals surface area contributed by atoms with Gasteiger partial charge < -0.3 is 0 Å². The molecule has 0 radical (unpaired) electrons. The Labute approximate surface area is 98.3 Å². The maximum Gasteiger partial charge on any atom is 0.270 e. The number of hydrogen-bond donors (Lipinski definition) is 1. The molecule has 2 aromatic heterocycles. The van der Waals surface area contributed by atoms with Gasteiger partial charge in [0.15, 0.2) is 5.13 Å². The van der Waals surface area contributed by atoms with Gasteiger partial charge in [0.1, 0.15) is 4.88 Å². The molecule has 0 spiro atoms. The third-order valence-electron chi connectivity index (χ3n) is 1.49. The van der Waals surface area contributed by atoms with Gasteiger partial charge in [-0.1, -0.05) is 4.49 Å². The average molecular weight is 261 g/mol. The highest BCUT2D eigenvalue weighted by molar-refractivity contribution is 7.14. The summed E-state index contributed by atoms with van der Waals surface area (Å²) in [7, 11) is 0. The fourth-order valence-corrected chi connectivity index (χ4v) is 2.20. The van der Waals surface area contributed by atoms with E-state index in [0.717, 1.165) is 17.2 Å². The minimum atomic E-state index is -0.250. The topological polar surface area (TPSA) is 67.8 Å². The number of carbonyl (C=O) groups excluding carboxylic acids is 1. The van der Waals surface area contributed by atoms with Crippen LogP contribution in [-0.2, 0) is 5.88 Å². The molecule has 1 N–H and O–H groups in total. The van der Waals surface area contributed by atoms with Gasteiger partial charge in [-0.2, -0.15) is 0 Å². The predicted octanol–water partition coefficient (Wildman–Crippen LogP) is 1.99. The van der Waals surface area contributed by atoms with Gasteiger partial charge in [0.2, 0.25) is 0 Å². The first-order valence-electron chi connectivity index (χ1n) is 3.88. The number of alkyl halides is 1. The van der Waals surface area contributed by atoms with Gasteiger partial charge in [-0.25, -0.2) is 4.98 Å². The molecular weight excluding hydrogens is 256 g/mol. The van der Waals surface area contributed by atoms with Crippen LogP contribution in [0.15, 0.2) is 11.6 Å². The first-order valence-corrected chi connectivity index (χ1v) is 6.07. The van der Waals surface area contributed by atoms with Crippen LogP contribution in [0, 0.1) is 0 Å². The summed E-state index contributed by atoms with van der Waals surface area (Å²) in [6.07, 6.45) is 1.41. The molecule has 2 aromatic rings. The van der Waals surface area contributed by atoms with Gasteiger partial charge in [0.25, 0.3) is 5.91 Å². The monoisotopic (exact) mass is 260 g/mol. The number of hydrogen-bond acceptors (Lipinski definition) is 6. The fourth-order valence-electron chi connectivity index (χ4n) is 0.852. The van der Waals surface area contributed by atoms with E-state index in [4.69, 9.17) is 11.6 Å². The Morgan fingerprint density at radius 2 is 2.47 bits per heavy atom. The van der Waals surface area contributed by atoms with E-state index in [1.807, 2.05) is 0 Å². The van der Waals surface area contributed by atoms with Gasteiger partial charge in [-0.3, -0.25) is 10.1 Å². The van der Waals surface area contributed by atoms with Crippen molar-refractivity contribution in [3.8, 4) is 0 Å². The van der Waals surface area contributed by atoms with Crippen molar-refractivity contribution in [1.29, 1.82) is 0 Å². The van der Waals surface area contributed by atoms with Gasteiger partial charge in [0.05, 0.1) is 17.8 Å². The lowest BCUT2D eigenvalue weighted by atomic mass is 10.5. The van der Waals surface area contributed by atoms with E-state index in [-0.39, 0.29) is 5.91 Å². The van der Waals surface area contributed by atoms with Crippen LogP contribution in [0.25, 0.3) is 0 Å². The predicted molar refractivity (Wildman–Crippen MR) is 59.5 cm³/mol. The Morgan fingerprint density at radius 1 is 1.60 bits per heavy atom. The van der Waals surface area contributed by atoms with Crippen LogP contribution in [0.2, 0.25) is 0 Å². The molecule has 0 saturated heterocycles. The highest BCUT2D eigenvalue weighted by atomic mass is 35.5. The Hall–Kier alpha value is -1.05. The van der Waals surface area contributed by atoms with Crippen LogP contribution in [0.1, 0.15) is 15.4 Å². The molecule has 0 fully saturated rings. The Kier molecular flexibility index (Phi) is 3.24. The molecule has 15 heavy (non-hydrogen) atoms. The summed E-state index contributed by atoms with van der Waals surface area (Å²) in [6, 6.07) is 0. The molecule has 0 saturated carbocycles. The van der Waals surface area contributed by atoms with Crippen molar-refractivity contribution in [2.24, 2.45) is 0 Å². The zero-order valence-electron chi connectivity index (χ0n) is 7.31. The minimum Gasteiger partial charge on any atom is -0.297 e. The standard InChI is InChI=1S/C7H5ClN4OS2/c8-1-4-3-14-7(10-4)11-6(13)5-2-9-12-15-5/h2-3H,1H2,(H,10,11,13). The highest BCUT2D eigenvalue weighted by Crippen LogP contribution is 2.17. The highest BCUT2D eigenvalue weighted by Gasteiger charge is 2.10. The summed E-state index contributed by atoms with van der Waals surface area (Å²) >= 11 is 7.97. The van der Waals surface area contributed by atoms with E-state index in [1.54, 1.807) is 5.38 Å². The second-order valence-corrected chi connectivity index (χ2v) is 4.42. The number of aromatic nitrogens is 3. The first kappa shape index (κ1) is 10.5. The van der Waals surface area contributed by atoms with Crippen molar-refractivity contribution >= 4 is 45.5 Å². The lowest BCUT2D eigenvalue weighted by Gasteiger charge is -1.95. The minimum absolute atomic E-state index is 0.250. The van der Waals surface area contributed by atoms with E-state index in [2.05, 4.69) is 19.9 Å². The molecule has 8 heteroatoms. The molecular formula is C7H5ClN4OS2. The third kappa shape index (κ3) is 2.49. The Bertz CT molecular complexity index is 455. The lowest BCUT2D eigenvalue weighted by molar-refractivity contribution is 0.103. The van der Waals surface area contributed by atoms with Gasteiger partial charge in [-0.05, 0) is 11.5 Å². The average Bonchev–Trinajstić information content (AvgIpc) is 2.87. The molecule has 0 unspecified atom stereocenters. The summed E-state index contributed by atoms with van der Waals surface area (Å²) in [5.74, 6) is 0.0922. The van der Waals surface area contributed by atoms with Crippen LogP contribution < -0.4 is 5.32 Å². The molecule has 0 aliphatic rings. The van der Waals surface area contributed by atoms with Gasteiger partial charge in [-0.15, -0.1) is 28.0 Å². The zero-order chi connectivity index (χ0) is 10.7. The van der Waals surface area contributed by atoms with E-state index >= 15 is 0 Å². The van der Waals surface area contributed by atoms with E-state index in [9.17, 15) is 4.79 Å². The summed E-state index contributed by atoms with van der Waals surface area (Å²) in [5, 5.41) is 8.55. The quantitative estimate of drug-likeness (QED) is 0.857. The van der Waals surface area contributed by atoms with Crippen LogP contribution in [-0.4, -0.2) is 20.5 Å². The maximum atomic E-state index is 11.5. The summed E-state index contributed by atoms with van der Waals surface area (Å²) in [5.41, 5.74) is 0.749. The van der Waals surface area contributed by atoms with Crippen molar-refractivity contribution in [1.82, 2.24) is 14.6 Å². The number of halogens is 1. The number of carbonyl (C=O) groups is 1. The molecule has 0 bridgehead atoms. The molecule has 0 atom stereocenters. The molecule has 0 aliphatic heterocycles. The van der Waals surface area contributed by atoms with Crippen molar-refractivity contribution in [2.75, 3.05) is 5.32 Å². The second-order valence-electron chi connectivity index (χ2n) is 2.51. The molecule has 78 valence electrons. The van der Waals surface area contributed by atoms with Crippen LogP contribution in [0.4, 0.5) is 5.13 Å². The van der Waals surface area contributed by atoms with E-state index in [0.29, 0.717) is 15.9 Å². The lowest BCUT2D eigenvalue weighted by Crippen LogP contribution is -2.09. The number of rotatable bonds is 3. The van der Waals surface area contributed by atoms with Crippen molar-refractivity contribution in [2.45, 2.75) is 5.88 Å². The summed E-state index contributed by atoms with van der Waals surface area (Å²) < 4.78 is 3.60. The molecule has 2 rings (SSSR count). The molecule has 0 aliphatic carbocycles. The van der Waals surface area contributed by atoms with Crippen LogP contribution >= 0.6 is 34.5 Å². The van der Waals surface area contributed by atoms with Crippen molar-refractivity contribution < 1.29 is 4.79 Å². The number of anilines is 1. The Balaban J connectivity index is 2.06. The number of thiazole rings is 1.